The highest BCUT2D eigenvalue weighted by molar-refractivity contribution is 5.25. The summed E-state index contributed by atoms with van der Waals surface area (Å²) >= 11 is 0. The van der Waals surface area contributed by atoms with Gasteiger partial charge in [0.25, 0.3) is 0 Å². The van der Waals surface area contributed by atoms with E-state index >= 15 is 0 Å². The van der Waals surface area contributed by atoms with E-state index in [2.05, 4.69) is 49.2 Å². The fourth-order valence-electron chi connectivity index (χ4n) is 2.13. The SMILES string of the molecule is CN1COCC(C)(c2ccccc2)C1. The number of benzene rings is 1. The molecule has 0 spiro atoms. The van der Waals surface area contributed by atoms with Crippen LogP contribution in [-0.4, -0.2) is 31.8 Å². The average Bonchev–Trinajstić information content (AvgIpc) is 2.19. The molecule has 0 radical (unpaired) electrons. The summed E-state index contributed by atoms with van der Waals surface area (Å²) in [7, 11) is 2.10. The smallest absolute Gasteiger partial charge is 0.0988 e. The lowest BCUT2D eigenvalue weighted by molar-refractivity contribution is -0.0431. The van der Waals surface area contributed by atoms with Gasteiger partial charge >= 0.3 is 0 Å². The minimum Gasteiger partial charge on any atom is -0.365 e. The Morgan fingerprint density at radius 3 is 2.64 bits per heavy atom. The van der Waals surface area contributed by atoms with Crippen molar-refractivity contribution in [3.8, 4) is 0 Å². The molecule has 1 aromatic rings. The summed E-state index contributed by atoms with van der Waals surface area (Å²) in [4.78, 5) is 2.22. The van der Waals surface area contributed by atoms with E-state index in [9.17, 15) is 0 Å². The number of nitrogens with zero attached hydrogens (tertiary/aromatic N) is 1. The van der Waals surface area contributed by atoms with Gasteiger partial charge < -0.3 is 4.74 Å². The molecule has 2 nitrogen and oxygen atoms in total. The highest BCUT2D eigenvalue weighted by Crippen LogP contribution is 2.27. The van der Waals surface area contributed by atoms with Crippen LogP contribution in [0, 0.1) is 0 Å². The van der Waals surface area contributed by atoms with Gasteiger partial charge in [-0.25, -0.2) is 0 Å². The first-order chi connectivity index (χ1) is 6.71. The molecule has 1 aromatic carbocycles. The largest absolute Gasteiger partial charge is 0.365 e. The summed E-state index contributed by atoms with van der Waals surface area (Å²) in [5, 5.41) is 0. The molecule has 1 fully saturated rings. The van der Waals surface area contributed by atoms with Crippen LogP contribution in [0.25, 0.3) is 0 Å². The Balaban J connectivity index is 2.23. The standard InChI is InChI=1S/C12H17NO/c1-12(8-13(2)10-14-9-12)11-6-4-3-5-7-11/h3-7H,8-10H2,1-2H3. The van der Waals surface area contributed by atoms with Gasteiger partial charge in [0, 0.05) is 12.0 Å². The first-order valence-electron chi connectivity index (χ1n) is 5.02. The van der Waals surface area contributed by atoms with Gasteiger partial charge in [-0.1, -0.05) is 37.3 Å². The zero-order valence-corrected chi connectivity index (χ0v) is 8.86. The minimum atomic E-state index is 0.147. The Kier molecular flexibility index (Phi) is 2.57. The Hall–Kier alpha value is -0.860. The molecule has 0 saturated carbocycles. The van der Waals surface area contributed by atoms with Crippen molar-refractivity contribution < 1.29 is 4.74 Å². The quantitative estimate of drug-likeness (QED) is 0.672. The molecular weight excluding hydrogens is 174 g/mol. The Labute approximate surface area is 85.5 Å². The van der Waals surface area contributed by atoms with Gasteiger partial charge in [-0.05, 0) is 12.6 Å². The second kappa shape index (κ2) is 3.71. The van der Waals surface area contributed by atoms with E-state index in [1.165, 1.54) is 5.56 Å². The van der Waals surface area contributed by atoms with Crippen LogP contribution < -0.4 is 0 Å². The van der Waals surface area contributed by atoms with Gasteiger partial charge in [0.05, 0.1) is 13.3 Å². The Bertz CT molecular complexity index is 298. The molecule has 1 heterocycles. The number of likely N-dealkylation sites (N-methyl/N-ethyl adjacent to an activating group) is 1. The van der Waals surface area contributed by atoms with Crippen molar-refractivity contribution in [2.75, 3.05) is 26.9 Å². The van der Waals surface area contributed by atoms with Crippen LogP contribution in [-0.2, 0) is 10.2 Å². The molecule has 2 heteroatoms. The minimum absolute atomic E-state index is 0.147. The van der Waals surface area contributed by atoms with Crippen LogP contribution in [0.5, 0.6) is 0 Å². The summed E-state index contributed by atoms with van der Waals surface area (Å²) in [5.41, 5.74) is 1.51. The molecule has 1 unspecified atom stereocenters. The van der Waals surface area contributed by atoms with E-state index in [4.69, 9.17) is 4.74 Å². The van der Waals surface area contributed by atoms with E-state index in [0.29, 0.717) is 0 Å². The van der Waals surface area contributed by atoms with Crippen LogP contribution in [0.15, 0.2) is 30.3 Å². The molecule has 0 N–H and O–H groups in total. The second-order valence-corrected chi connectivity index (χ2v) is 4.42. The molecular formula is C12H17NO. The van der Waals surface area contributed by atoms with Gasteiger partial charge in [0.2, 0.25) is 0 Å². The second-order valence-electron chi connectivity index (χ2n) is 4.42. The fraction of sp³-hybridized carbons (Fsp3) is 0.500. The van der Waals surface area contributed by atoms with Gasteiger partial charge in [0.1, 0.15) is 0 Å². The molecule has 76 valence electrons. The van der Waals surface area contributed by atoms with Crippen molar-refractivity contribution in [2.45, 2.75) is 12.3 Å². The first-order valence-corrected chi connectivity index (χ1v) is 5.02. The predicted molar refractivity (Wildman–Crippen MR) is 57.2 cm³/mol. The Morgan fingerprint density at radius 2 is 2.00 bits per heavy atom. The van der Waals surface area contributed by atoms with Crippen LogP contribution >= 0.6 is 0 Å². The molecule has 1 saturated heterocycles. The zero-order chi connectivity index (χ0) is 10.0. The maximum Gasteiger partial charge on any atom is 0.0988 e. The lowest BCUT2D eigenvalue weighted by atomic mass is 9.82. The van der Waals surface area contributed by atoms with Crippen LogP contribution in [0.3, 0.4) is 0 Å². The number of hydrogen-bond donors (Lipinski definition) is 0. The Morgan fingerprint density at radius 1 is 1.29 bits per heavy atom. The first kappa shape index (κ1) is 9.69. The maximum absolute atomic E-state index is 5.58. The maximum atomic E-state index is 5.58. The van der Waals surface area contributed by atoms with Crippen LogP contribution in [0.1, 0.15) is 12.5 Å². The monoisotopic (exact) mass is 191 g/mol. The molecule has 1 atom stereocenters. The summed E-state index contributed by atoms with van der Waals surface area (Å²) < 4.78 is 5.58. The highest BCUT2D eigenvalue weighted by atomic mass is 16.5. The van der Waals surface area contributed by atoms with Gasteiger partial charge in [-0.3, -0.25) is 4.90 Å². The molecule has 0 aromatic heterocycles. The van der Waals surface area contributed by atoms with Crippen molar-refractivity contribution in [1.82, 2.24) is 4.90 Å². The van der Waals surface area contributed by atoms with E-state index < -0.39 is 0 Å². The summed E-state index contributed by atoms with van der Waals surface area (Å²) in [6.07, 6.45) is 0. The molecule has 0 bridgehead atoms. The normalized spacial score (nSPS) is 29.0. The van der Waals surface area contributed by atoms with E-state index in [0.717, 1.165) is 19.9 Å². The third-order valence-corrected chi connectivity index (χ3v) is 2.82. The van der Waals surface area contributed by atoms with Crippen molar-refractivity contribution in [3.05, 3.63) is 35.9 Å². The van der Waals surface area contributed by atoms with Crippen LogP contribution in [0.4, 0.5) is 0 Å². The molecule has 0 aliphatic carbocycles. The van der Waals surface area contributed by atoms with Crippen molar-refractivity contribution >= 4 is 0 Å². The van der Waals surface area contributed by atoms with Gasteiger partial charge in [-0.15, -0.1) is 0 Å². The lowest BCUT2D eigenvalue weighted by Crippen LogP contribution is -2.46. The van der Waals surface area contributed by atoms with Crippen molar-refractivity contribution in [3.63, 3.8) is 0 Å². The molecule has 14 heavy (non-hydrogen) atoms. The highest BCUT2D eigenvalue weighted by Gasteiger charge is 2.31. The topological polar surface area (TPSA) is 12.5 Å². The van der Waals surface area contributed by atoms with Crippen LogP contribution in [0.2, 0.25) is 0 Å². The molecule has 1 aliphatic heterocycles. The third-order valence-electron chi connectivity index (χ3n) is 2.82. The summed E-state index contributed by atoms with van der Waals surface area (Å²) in [5.74, 6) is 0. The fourth-order valence-corrected chi connectivity index (χ4v) is 2.13. The molecule has 0 amide bonds. The third kappa shape index (κ3) is 1.81. The molecule has 1 aliphatic rings. The summed E-state index contributed by atoms with van der Waals surface area (Å²) in [6.45, 7) is 4.90. The number of ether oxygens (including phenoxy) is 1. The van der Waals surface area contributed by atoms with Crippen molar-refractivity contribution in [2.24, 2.45) is 0 Å². The number of hydrogen-bond acceptors (Lipinski definition) is 2. The summed E-state index contributed by atoms with van der Waals surface area (Å²) in [6, 6.07) is 10.6. The predicted octanol–water partition coefficient (Wildman–Crippen LogP) is 1.86. The van der Waals surface area contributed by atoms with E-state index in [1.807, 2.05) is 0 Å². The average molecular weight is 191 g/mol. The zero-order valence-electron chi connectivity index (χ0n) is 8.86. The molecule has 2 rings (SSSR count). The van der Waals surface area contributed by atoms with E-state index in [1.54, 1.807) is 0 Å². The lowest BCUT2D eigenvalue weighted by Gasteiger charge is -2.38. The van der Waals surface area contributed by atoms with Crippen molar-refractivity contribution in [1.29, 1.82) is 0 Å². The van der Waals surface area contributed by atoms with E-state index in [-0.39, 0.29) is 5.41 Å². The number of rotatable bonds is 1. The van der Waals surface area contributed by atoms with Gasteiger partial charge in [0.15, 0.2) is 0 Å². The van der Waals surface area contributed by atoms with Gasteiger partial charge in [-0.2, -0.15) is 0 Å².